The Morgan fingerprint density at radius 1 is 1.07 bits per heavy atom. The van der Waals surface area contributed by atoms with Crippen LogP contribution in [0.4, 0.5) is 5.69 Å². The van der Waals surface area contributed by atoms with Gasteiger partial charge in [0, 0.05) is 24.3 Å². The second-order valence-electron chi connectivity index (χ2n) is 6.06. The lowest BCUT2D eigenvalue weighted by Crippen LogP contribution is -2.28. The number of amides is 1. The number of halogens is 2. The maximum atomic E-state index is 12.8. The number of nitrogens with zero attached hydrogens (tertiary/aromatic N) is 1. The first-order valence-corrected chi connectivity index (χ1v) is 10.5. The molecule has 0 aliphatic carbocycles. The number of carbonyl (C=O) groups is 1. The molecule has 27 heavy (non-hydrogen) atoms. The second-order valence-corrected chi connectivity index (χ2v) is 8.78. The third-order valence-corrected chi connectivity index (χ3v) is 6.96. The van der Waals surface area contributed by atoms with Gasteiger partial charge in [-0.1, -0.05) is 23.2 Å². The molecule has 2 aromatic rings. The summed E-state index contributed by atoms with van der Waals surface area (Å²) in [5, 5.41) is 3.13. The van der Waals surface area contributed by atoms with Crippen molar-refractivity contribution in [1.82, 2.24) is 4.31 Å². The van der Waals surface area contributed by atoms with Crippen molar-refractivity contribution in [3.63, 3.8) is 0 Å². The maximum absolute atomic E-state index is 12.8. The summed E-state index contributed by atoms with van der Waals surface area (Å²) in [5.74, 6) is 0.0194. The predicted molar refractivity (Wildman–Crippen MR) is 105 cm³/mol. The van der Waals surface area contributed by atoms with Crippen LogP contribution in [0.25, 0.3) is 0 Å². The normalized spacial score (nSPS) is 14.9. The average molecular weight is 429 g/mol. The topological polar surface area (TPSA) is 75.7 Å². The molecule has 3 rings (SSSR count). The van der Waals surface area contributed by atoms with E-state index in [2.05, 4.69) is 5.32 Å². The fourth-order valence-electron chi connectivity index (χ4n) is 2.86. The summed E-state index contributed by atoms with van der Waals surface area (Å²) in [6.07, 6.45) is 1.63. The summed E-state index contributed by atoms with van der Waals surface area (Å²) in [5.41, 5.74) is 0.647. The summed E-state index contributed by atoms with van der Waals surface area (Å²) >= 11 is 12.2. The van der Waals surface area contributed by atoms with E-state index in [0.29, 0.717) is 29.5 Å². The summed E-state index contributed by atoms with van der Waals surface area (Å²) < 4.78 is 32.0. The van der Waals surface area contributed by atoms with Crippen molar-refractivity contribution in [2.75, 3.05) is 25.5 Å². The number of carbonyl (C=O) groups excluding carboxylic acids is 1. The molecule has 0 aromatic heterocycles. The first-order chi connectivity index (χ1) is 12.8. The van der Waals surface area contributed by atoms with E-state index in [9.17, 15) is 13.2 Å². The first-order valence-electron chi connectivity index (χ1n) is 8.27. The SMILES string of the molecule is COc1ccc(NC(=O)c2ccc(Cl)c(S(=O)(=O)N3CCCC3)c2)cc1Cl. The van der Waals surface area contributed by atoms with Gasteiger partial charge in [0.15, 0.2) is 0 Å². The second kappa shape index (κ2) is 8.06. The first kappa shape index (κ1) is 19.9. The van der Waals surface area contributed by atoms with Crippen molar-refractivity contribution in [3.05, 3.63) is 52.0 Å². The number of ether oxygens (including phenoxy) is 1. The minimum atomic E-state index is -3.73. The molecule has 9 heteroatoms. The summed E-state index contributed by atoms with van der Waals surface area (Å²) in [4.78, 5) is 12.5. The third-order valence-electron chi connectivity index (χ3n) is 4.29. The summed E-state index contributed by atoms with van der Waals surface area (Å²) in [6, 6.07) is 9.02. The van der Waals surface area contributed by atoms with E-state index in [1.165, 1.54) is 29.6 Å². The number of nitrogens with one attached hydrogen (secondary N) is 1. The van der Waals surface area contributed by atoms with Gasteiger partial charge < -0.3 is 10.1 Å². The van der Waals surface area contributed by atoms with Crippen molar-refractivity contribution in [3.8, 4) is 5.75 Å². The molecule has 1 N–H and O–H groups in total. The molecule has 1 fully saturated rings. The Morgan fingerprint density at radius 3 is 2.41 bits per heavy atom. The predicted octanol–water partition coefficient (Wildman–Crippen LogP) is 4.04. The van der Waals surface area contributed by atoms with Crippen LogP contribution in [0.5, 0.6) is 5.75 Å². The van der Waals surface area contributed by atoms with E-state index in [-0.39, 0.29) is 15.5 Å². The molecule has 1 amide bonds. The summed E-state index contributed by atoms with van der Waals surface area (Å²) in [7, 11) is -2.23. The van der Waals surface area contributed by atoms with Crippen LogP contribution < -0.4 is 10.1 Å². The van der Waals surface area contributed by atoms with E-state index < -0.39 is 15.9 Å². The molecule has 144 valence electrons. The van der Waals surface area contributed by atoms with Gasteiger partial charge in [-0.25, -0.2) is 8.42 Å². The highest BCUT2D eigenvalue weighted by Crippen LogP contribution is 2.30. The molecule has 2 aromatic carbocycles. The minimum Gasteiger partial charge on any atom is -0.495 e. The average Bonchev–Trinajstić information content (AvgIpc) is 3.17. The van der Waals surface area contributed by atoms with Crippen LogP contribution in [0.3, 0.4) is 0 Å². The highest BCUT2D eigenvalue weighted by Gasteiger charge is 2.29. The molecule has 0 atom stereocenters. The van der Waals surface area contributed by atoms with Gasteiger partial charge in [0.25, 0.3) is 5.91 Å². The highest BCUT2D eigenvalue weighted by atomic mass is 35.5. The Bertz CT molecular complexity index is 973. The number of rotatable bonds is 5. The molecule has 0 spiro atoms. The molecule has 0 radical (unpaired) electrons. The molecule has 1 aliphatic heterocycles. The molecule has 6 nitrogen and oxygen atoms in total. The molecule has 1 saturated heterocycles. The third kappa shape index (κ3) is 4.21. The lowest BCUT2D eigenvalue weighted by atomic mass is 10.2. The molecule has 1 aliphatic rings. The number of benzene rings is 2. The standard InChI is InChI=1S/C18H18Cl2N2O4S/c1-26-16-7-5-13(11-15(16)20)21-18(23)12-4-6-14(19)17(10-12)27(24,25)22-8-2-3-9-22/h4-7,10-11H,2-3,8-9H2,1H3,(H,21,23). The maximum Gasteiger partial charge on any atom is 0.255 e. The number of anilines is 1. The van der Waals surface area contributed by atoms with Crippen LogP contribution in [-0.4, -0.2) is 38.8 Å². The molecule has 0 saturated carbocycles. The van der Waals surface area contributed by atoms with Crippen LogP contribution >= 0.6 is 23.2 Å². The number of hydrogen-bond acceptors (Lipinski definition) is 4. The van der Waals surface area contributed by atoms with Crippen molar-refractivity contribution in [2.45, 2.75) is 17.7 Å². The Kier molecular flexibility index (Phi) is 5.95. The monoisotopic (exact) mass is 428 g/mol. The summed E-state index contributed by atoms with van der Waals surface area (Å²) in [6.45, 7) is 0.916. The van der Waals surface area contributed by atoms with Gasteiger partial charge in [-0.2, -0.15) is 4.31 Å². The van der Waals surface area contributed by atoms with Crippen molar-refractivity contribution in [2.24, 2.45) is 0 Å². The van der Waals surface area contributed by atoms with Crippen LogP contribution in [0.15, 0.2) is 41.3 Å². The smallest absolute Gasteiger partial charge is 0.255 e. The Morgan fingerprint density at radius 2 is 1.78 bits per heavy atom. The van der Waals surface area contributed by atoms with Gasteiger partial charge in [0.2, 0.25) is 10.0 Å². The van der Waals surface area contributed by atoms with Gasteiger partial charge >= 0.3 is 0 Å². The Balaban J connectivity index is 1.87. The van der Waals surface area contributed by atoms with E-state index >= 15 is 0 Å². The molecule has 0 bridgehead atoms. The van der Waals surface area contributed by atoms with Gasteiger partial charge in [0.1, 0.15) is 10.6 Å². The largest absolute Gasteiger partial charge is 0.495 e. The van der Waals surface area contributed by atoms with E-state index in [1.807, 2.05) is 0 Å². The van der Waals surface area contributed by atoms with E-state index in [4.69, 9.17) is 27.9 Å². The van der Waals surface area contributed by atoms with Crippen molar-refractivity contribution < 1.29 is 17.9 Å². The quantitative estimate of drug-likeness (QED) is 0.779. The van der Waals surface area contributed by atoms with Gasteiger partial charge in [-0.15, -0.1) is 0 Å². The number of methoxy groups -OCH3 is 1. The zero-order chi connectivity index (χ0) is 19.6. The lowest BCUT2D eigenvalue weighted by Gasteiger charge is -2.17. The molecule has 0 unspecified atom stereocenters. The van der Waals surface area contributed by atoms with Crippen LogP contribution in [-0.2, 0) is 10.0 Å². The Labute approximate surface area is 168 Å². The van der Waals surface area contributed by atoms with E-state index in [1.54, 1.807) is 18.2 Å². The fraction of sp³-hybridized carbons (Fsp3) is 0.278. The van der Waals surface area contributed by atoms with Gasteiger partial charge in [-0.3, -0.25) is 4.79 Å². The van der Waals surface area contributed by atoms with Crippen LogP contribution in [0.2, 0.25) is 10.0 Å². The van der Waals surface area contributed by atoms with Crippen molar-refractivity contribution in [1.29, 1.82) is 0 Å². The number of hydrogen-bond donors (Lipinski definition) is 1. The number of sulfonamides is 1. The zero-order valence-corrected chi connectivity index (χ0v) is 16.9. The van der Waals surface area contributed by atoms with E-state index in [0.717, 1.165) is 12.8 Å². The van der Waals surface area contributed by atoms with Gasteiger partial charge in [-0.05, 0) is 49.2 Å². The van der Waals surface area contributed by atoms with Crippen LogP contribution in [0.1, 0.15) is 23.2 Å². The Hall–Kier alpha value is -1.80. The molecular weight excluding hydrogens is 411 g/mol. The highest BCUT2D eigenvalue weighted by molar-refractivity contribution is 7.89. The zero-order valence-electron chi connectivity index (χ0n) is 14.5. The molecular formula is C18H18Cl2N2O4S. The van der Waals surface area contributed by atoms with Crippen LogP contribution in [0, 0.1) is 0 Å². The van der Waals surface area contributed by atoms with Gasteiger partial charge in [0.05, 0.1) is 17.2 Å². The lowest BCUT2D eigenvalue weighted by molar-refractivity contribution is 0.102. The molecule has 1 heterocycles. The minimum absolute atomic E-state index is 0.0634. The fourth-order valence-corrected chi connectivity index (χ4v) is 5.13. The van der Waals surface area contributed by atoms with Crippen molar-refractivity contribution >= 4 is 44.8 Å².